The average Bonchev–Trinajstić information content (AvgIpc) is 3.28. The minimum atomic E-state index is 0.592. The van der Waals surface area contributed by atoms with E-state index in [0.717, 1.165) is 25.8 Å². The van der Waals surface area contributed by atoms with Crippen molar-refractivity contribution >= 4 is 32.3 Å². The first-order chi connectivity index (χ1) is 13.2. The second kappa shape index (κ2) is 7.87. The number of benzene rings is 2. The molecule has 3 heteroatoms. The molecular weight excluding hydrogens is 348 g/mol. The molecule has 1 unspecified atom stereocenters. The van der Waals surface area contributed by atoms with Crippen molar-refractivity contribution in [2.75, 3.05) is 6.54 Å². The van der Waals surface area contributed by atoms with Crippen LogP contribution >= 0.6 is 11.3 Å². The van der Waals surface area contributed by atoms with Gasteiger partial charge in [0.1, 0.15) is 0 Å². The molecule has 0 amide bonds. The van der Waals surface area contributed by atoms with Gasteiger partial charge in [-0.1, -0.05) is 38.1 Å². The number of nitrogens with two attached hydrogens (primary N) is 1. The summed E-state index contributed by atoms with van der Waals surface area (Å²) in [5.41, 5.74) is 11.2. The van der Waals surface area contributed by atoms with Gasteiger partial charge < -0.3 is 10.7 Å². The molecule has 0 radical (unpaired) electrons. The van der Waals surface area contributed by atoms with Crippen LogP contribution in [-0.2, 0) is 6.42 Å². The van der Waals surface area contributed by atoms with Crippen molar-refractivity contribution in [2.24, 2.45) is 5.73 Å². The smallest absolute Gasteiger partial charge is 0.0599 e. The molecule has 0 saturated heterocycles. The standard InChI is InChI=1S/C24H28N2S/c1-3-16(2)17-11-12-21-20(14-17)19(9-6-7-13-25)24(26-21)23-15-18-8-4-5-10-22(18)27-23/h4-5,8,10-12,14-16,26H,3,6-7,9,13,25H2,1-2H3. The maximum atomic E-state index is 5.76. The normalized spacial score (nSPS) is 12.9. The van der Waals surface area contributed by atoms with Crippen molar-refractivity contribution in [3.05, 3.63) is 59.7 Å². The summed E-state index contributed by atoms with van der Waals surface area (Å²) in [6.45, 7) is 5.34. The van der Waals surface area contributed by atoms with Gasteiger partial charge in [0.25, 0.3) is 0 Å². The number of aryl methyl sites for hydroxylation is 1. The van der Waals surface area contributed by atoms with Crippen LogP contribution in [0.15, 0.2) is 48.5 Å². The predicted molar refractivity (Wildman–Crippen MR) is 120 cm³/mol. The van der Waals surface area contributed by atoms with Crippen molar-refractivity contribution in [3.8, 4) is 10.6 Å². The van der Waals surface area contributed by atoms with E-state index in [0.29, 0.717) is 5.92 Å². The van der Waals surface area contributed by atoms with Gasteiger partial charge >= 0.3 is 0 Å². The van der Waals surface area contributed by atoms with Crippen LogP contribution < -0.4 is 5.73 Å². The Morgan fingerprint density at radius 3 is 2.70 bits per heavy atom. The number of nitrogens with one attached hydrogen (secondary N) is 1. The van der Waals surface area contributed by atoms with E-state index in [2.05, 4.69) is 67.4 Å². The monoisotopic (exact) mass is 376 g/mol. The molecule has 4 rings (SSSR count). The lowest BCUT2D eigenvalue weighted by molar-refractivity contribution is 0.734. The molecule has 2 aromatic heterocycles. The van der Waals surface area contributed by atoms with E-state index < -0.39 is 0 Å². The third kappa shape index (κ3) is 3.54. The summed E-state index contributed by atoms with van der Waals surface area (Å²) in [5, 5.41) is 2.71. The van der Waals surface area contributed by atoms with Crippen molar-refractivity contribution in [2.45, 2.75) is 45.4 Å². The van der Waals surface area contributed by atoms with E-state index in [1.807, 2.05) is 11.3 Å². The molecule has 140 valence electrons. The molecule has 0 saturated carbocycles. The Hall–Kier alpha value is -2.10. The fourth-order valence-corrected chi connectivity index (χ4v) is 4.92. The fraction of sp³-hybridized carbons (Fsp3) is 0.333. The molecule has 3 N–H and O–H groups in total. The van der Waals surface area contributed by atoms with E-state index in [4.69, 9.17) is 5.73 Å². The lowest BCUT2D eigenvalue weighted by Crippen LogP contribution is -1.99. The maximum Gasteiger partial charge on any atom is 0.0599 e. The lowest BCUT2D eigenvalue weighted by atomic mass is 9.95. The molecule has 0 aliphatic carbocycles. The number of H-pyrrole nitrogens is 1. The van der Waals surface area contributed by atoms with Crippen molar-refractivity contribution in [1.29, 1.82) is 0 Å². The molecule has 1 atom stereocenters. The number of hydrogen-bond acceptors (Lipinski definition) is 2. The largest absolute Gasteiger partial charge is 0.354 e. The van der Waals surface area contributed by atoms with Crippen molar-refractivity contribution in [3.63, 3.8) is 0 Å². The van der Waals surface area contributed by atoms with Crippen LogP contribution in [0.3, 0.4) is 0 Å². The first-order valence-electron chi connectivity index (χ1n) is 10.0. The van der Waals surface area contributed by atoms with Gasteiger partial charge in [0.2, 0.25) is 0 Å². The Morgan fingerprint density at radius 2 is 1.93 bits per heavy atom. The molecule has 0 fully saturated rings. The summed E-state index contributed by atoms with van der Waals surface area (Å²) in [7, 11) is 0. The van der Waals surface area contributed by atoms with Gasteiger partial charge in [-0.15, -0.1) is 11.3 Å². The first-order valence-corrected chi connectivity index (χ1v) is 10.9. The van der Waals surface area contributed by atoms with Gasteiger partial charge in [-0.05, 0) is 78.9 Å². The van der Waals surface area contributed by atoms with E-state index in [1.165, 1.54) is 49.1 Å². The van der Waals surface area contributed by atoms with E-state index in [1.54, 1.807) is 0 Å². The highest BCUT2D eigenvalue weighted by Gasteiger charge is 2.16. The third-order valence-corrected chi connectivity index (χ3v) is 6.80. The molecule has 4 aromatic rings. The Labute approximate surface area is 165 Å². The van der Waals surface area contributed by atoms with Gasteiger partial charge in [0.15, 0.2) is 0 Å². The summed E-state index contributed by atoms with van der Waals surface area (Å²) >= 11 is 1.88. The Kier molecular flexibility index (Phi) is 5.33. The highest BCUT2D eigenvalue weighted by Crippen LogP contribution is 2.39. The van der Waals surface area contributed by atoms with Gasteiger partial charge in [-0.3, -0.25) is 0 Å². The minimum Gasteiger partial charge on any atom is -0.354 e. The van der Waals surface area contributed by atoms with Gasteiger partial charge in [-0.2, -0.15) is 0 Å². The number of aromatic amines is 1. The summed E-state index contributed by atoms with van der Waals surface area (Å²) < 4.78 is 1.35. The number of rotatable bonds is 7. The number of hydrogen-bond donors (Lipinski definition) is 2. The molecule has 2 nitrogen and oxygen atoms in total. The Balaban J connectivity index is 1.85. The summed E-state index contributed by atoms with van der Waals surface area (Å²) in [6.07, 6.45) is 4.45. The molecular formula is C24H28N2S. The zero-order valence-electron chi connectivity index (χ0n) is 16.2. The number of aromatic nitrogens is 1. The van der Waals surface area contributed by atoms with Crippen LogP contribution in [0.1, 0.15) is 50.2 Å². The molecule has 0 spiro atoms. The second-order valence-corrected chi connectivity index (χ2v) is 8.57. The zero-order valence-corrected chi connectivity index (χ0v) is 17.0. The van der Waals surface area contributed by atoms with Crippen LogP contribution in [0, 0.1) is 0 Å². The van der Waals surface area contributed by atoms with Crippen molar-refractivity contribution < 1.29 is 0 Å². The summed E-state index contributed by atoms with van der Waals surface area (Å²) in [5.74, 6) is 0.592. The average molecular weight is 377 g/mol. The molecule has 0 aliphatic rings. The van der Waals surface area contributed by atoms with Gasteiger partial charge in [0.05, 0.1) is 10.6 Å². The fourth-order valence-electron chi connectivity index (χ4n) is 3.83. The topological polar surface area (TPSA) is 41.8 Å². The van der Waals surface area contributed by atoms with Crippen LogP contribution in [0.2, 0.25) is 0 Å². The SMILES string of the molecule is CCC(C)c1ccc2[nH]c(-c3cc4ccccc4s3)c(CCCCN)c2c1. The lowest BCUT2D eigenvalue weighted by Gasteiger charge is -2.09. The van der Waals surface area contributed by atoms with Crippen LogP contribution in [0.5, 0.6) is 0 Å². The molecule has 27 heavy (non-hydrogen) atoms. The summed E-state index contributed by atoms with van der Waals surface area (Å²) in [4.78, 5) is 5.07. The third-order valence-electron chi connectivity index (χ3n) is 5.66. The summed E-state index contributed by atoms with van der Waals surface area (Å²) in [6, 6.07) is 17.9. The quantitative estimate of drug-likeness (QED) is 0.340. The highest BCUT2D eigenvalue weighted by atomic mass is 32.1. The van der Waals surface area contributed by atoms with Gasteiger partial charge in [0, 0.05) is 15.6 Å². The minimum absolute atomic E-state index is 0.592. The van der Waals surface area contributed by atoms with E-state index in [-0.39, 0.29) is 0 Å². The number of unbranched alkanes of at least 4 members (excludes halogenated alkanes) is 1. The zero-order chi connectivity index (χ0) is 18.8. The molecule has 0 aliphatic heterocycles. The second-order valence-electron chi connectivity index (χ2n) is 7.49. The highest BCUT2D eigenvalue weighted by molar-refractivity contribution is 7.22. The van der Waals surface area contributed by atoms with Crippen molar-refractivity contribution in [1.82, 2.24) is 4.98 Å². The van der Waals surface area contributed by atoms with E-state index >= 15 is 0 Å². The van der Waals surface area contributed by atoms with Crippen LogP contribution in [0.4, 0.5) is 0 Å². The molecule has 2 aromatic carbocycles. The Bertz CT molecular complexity index is 1020. The first kappa shape index (κ1) is 18.3. The maximum absolute atomic E-state index is 5.76. The number of fused-ring (bicyclic) bond motifs is 2. The van der Waals surface area contributed by atoms with Crippen LogP contribution in [-0.4, -0.2) is 11.5 Å². The Morgan fingerprint density at radius 1 is 1.07 bits per heavy atom. The predicted octanol–water partition coefficient (Wildman–Crippen LogP) is 6.84. The number of thiophene rings is 1. The van der Waals surface area contributed by atoms with Gasteiger partial charge in [-0.25, -0.2) is 0 Å². The molecule has 0 bridgehead atoms. The molecule has 2 heterocycles. The van der Waals surface area contributed by atoms with E-state index in [9.17, 15) is 0 Å². The van der Waals surface area contributed by atoms with Crippen LogP contribution in [0.25, 0.3) is 31.6 Å².